The van der Waals surface area contributed by atoms with E-state index in [1.807, 2.05) is 31.2 Å². The Morgan fingerprint density at radius 3 is 2.54 bits per heavy atom. The molecular formula is C21H32N4O3. The van der Waals surface area contributed by atoms with Crippen molar-refractivity contribution in [2.24, 2.45) is 4.99 Å². The van der Waals surface area contributed by atoms with Crippen molar-refractivity contribution < 1.29 is 14.0 Å². The summed E-state index contributed by atoms with van der Waals surface area (Å²) in [6, 6.07) is 7.75. The van der Waals surface area contributed by atoms with Crippen LogP contribution in [0.1, 0.15) is 56.5 Å². The van der Waals surface area contributed by atoms with Gasteiger partial charge in [-0.2, -0.15) is 0 Å². The van der Waals surface area contributed by atoms with E-state index in [1.165, 1.54) is 0 Å². The lowest BCUT2D eigenvalue weighted by Crippen LogP contribution is -2.36. The zero-order valence-electron chi connectivity index (χ0n) is 17.5. The van der Waals surface area contributed by atoms with Crippen LogP contribution in [0.25, 0.3) is 0 Å². The molecule has 0 fully saturated rings. The molecule has 0 aliphatic rings. The standard InChI is InChI=1S/C21H32N4O3/c1-6-15(7-2)19-11-18(28-25-19)14-24-21(22-8-3)23-13-16-9-10-17(26-4)12-20(16)27-5/h9-12,15H,6-8,13-14H2,1-5H3,(H2,22,23,24). The molecule has 1 heterocycles. The van der Waals surface area contributed by atoms with Crippen LogP contribution >= 0.6 is 0 Å². The van der Waals surface area contributed by atoms with Crippen molar-refractivity contribution in [1.29, 1.82) is 0 Å². The highest BCUT2D eigenvalue weighted by Crippen LogP contribution is 2.25. The Morgan fingerprint density at radius 1 is 1.11 bits per heavy atom. The van der Waals surface area contributed by atoms with Gasteiger partial charge < -0.3 is 24.6 Å². The van der Waals surface area contributed by atoms with Gasteiger partial charge in [0.2, 0.25) is 0 Å². The fourth-order valence-corrected chi connectivity index (χ4v) is 2.97. The molecule has 0 bridgehead atoms. The van der Waals surface area contributed by atoms with Gasteiger partial charge in [0.15, 0.2) is 11.7 Å². The van der Waals surface area contributed by atoms with Crippen molar-refractivity contribution >= 4 is 5.96 Å². The summed E-state index contributed by atoms with van der Waals surface area (Å²) in [6.45, 7) is 8.15. The summed E-state index contributed by atoms with van der Waals surface area (Å²) in [5, 5.41) is 10.8. The van der Waals surface area contributed by atoms with Crippen LogP contribution < -0.4 is 20.1 Å². The first kappa shape index (κ1) is 21.6. The van der Waals surface area contributed by atoms with Crippen molar-refractivity contribution in [3.8, 4) is 11.5 Å². The number of rotatable bonds is 10. The molecule has 7 nitrogen and oxygen atoms in total. The van der Waals surface area contributed by atoms with Crippen LogP contribution in [0.2, 0.25) is 0 Å². The minimum absolute atomic E-state index is 0.446. The SMILES string of the molecule is CCNC(=NCc1ccc(OC)cc1OC)NCc1cc(C(CC)CC)no1. The minimum atomic E-state index is 0.446. The highest BCUT2D eigenvalue weighted by molar-refractivity contribution is 5.79. The molecule has 2 rings (SSSR count). The summed E-state index contributed by atoms with van der Waals surface area (Å²) in [5.74, 6) is 3.47. The van der Waals surface area contributed by atoms with Crippen molar-refractivity contribution in [2.45, 2.75) is 52.6 Å². The lowest BCUT2D eigenvalue weighted by atomic mass is 9.99. The molecule has 0 atom stereocenters. The van der Waals surface area contributed by atoms with Crippen LogP contribution in [0.15, 0.2) is 33.8 Å². The van der Waals surface area contributed by atoms with Crippen LogP contribution in [-0.2, 0) is 13.1 Å². The first-order valence-corrected chi connectivity index (χ1v) is 9.83. The van der Waals surface area contributed by atoms with Crippen LogP contribution in [0, 0.1) is 0 Å². The Morgan fingerprint density at radius 2 is 1.89 bits per heavy atom. The van der Waals surface area contributed by atoms with Gasteiger partial charge in [-0.15, -0.1) is 0 Å². The molecule has 1 aromatic heterocycles. The number of nitrogens with one attached hydrogen (secondary N) is 2. The largest absolute Gasteiger partial charge is 0.497 e. The second kappa shape index (κ2) is 11.2. The van der Waals surface area contributed by atoms with E-state index in [0.29, 0.717) is 25.0 Å². The summed E-state index contributed by atoms with van der Waals surface area (Å²) in [7, 11) is 3.28. The topological polar surface area (TPSA) is 80.9 Å². The highest BCUT2D eigenvalue weighted by Gasteiger charge is 2.13. The van der Waals surface area contributed by atoms with Crippen LogP contribution in [0.3, 0.4) is 0 Å². The molecular weight excluding hydrogens is 356 g/mol. The molecule has 0 spiro atoms. The molecule has 0 amide bonds. The quantitative estimate of drug-likeness (QED) is 0.475. The van der Waals surface area contributed by atoms with Crippen molar-refractivity contribution in [1.82, 2.24) is 15.8 Å². The van der Waals surface area contributed by atoms with E-state index >= 15 is 0 Å². The Labute approximate surface area is 167 Å². The molecule has 7 heteroatoms. The summed E-state index contributed by atoms with van der Waals surface area (Å²) < 4.78 is 16.2. The van der Waals surface area contributed by atoms with E-state index in [2.05, 4.69) is 34.6 Å². The minimum Gasteiger partial charge on any atom is -0.497 e. The first-order valence-electron chi connectivity index (χ1n) is 9.83. The molecule has 28 heavy (non-hydrogen) atoms. The number of guanidine groups is 1. The summed E-state index contributed by atoms with van der Waals surface area (Å²) in [5.41, 5.74) is 2.00. The lowest BCUT2D eigenvalue weighted by Gasteiger charge is -2.12. The molecule has 0 unspecified atom stereocenters. The van der Waals surface area contributed by atoms with E-state index < -0.39 is 0 Å². The fraction of sp³-hybridized carbons (Fsp3) is 0.524. The number of hydrogen-bond acceptors (Lipinski definition) is 5. The normalized spacial score (nSPS) is 11.6. The molecule has 0 aliphatic carbocycles. The third kappa shape index (κ3) is 5.90. The molecule has 154 valence electrons. The van der Waals surface area contributed by atoms with Crippen molar-refractivity contribution in [3.63, 3.8) is 0 Å². The second-order valence-electron chi connectivity index (χ2n) is 6.46. The zero-order valence-corrected chi connectivity index (χ0v) is 17.5. The molecule has 0 saturated heterocycles. The van der Waals surface area contributed by atoms with Gasteiger partial charge in [0.25, 0.3) is 0 Å². The first-order chi connectivity index (χ1) is 13.6. The van der Waals surface area contributed by atoms with Gasteiger partial charge in [-0.3, -0.25) is 0 Å². The highest BCUT2D eigenvalue weighted by atomic mass is 16.5. The van der Waals surface area contributed by atoms with E-state index in [1.54, 1.807) is 14.2 Å². The van der Waals surface area contributed by atoms with E-state index in [4.69, 9.17) is 14.0 Å². The van der Waals surface area contributed by atoms with Crippen LogP contribution in [-0.4, -0.2) is 31.9 Å². The third-order valence-corrected chi connectivity index (χ3v) is 4.66. The Kier molecular flexibility index (Phi) is 8.65. The van der Waals surface area contributed by atoms with Gasteiger partial charge in [0.05, 0.1) is 33.0 Å². The van der Waals surface area contributed by atoms with E-state index in [9.17, 15) is 0 Å². The monoisotopic (exact) mass is 388 g/mol. The smallest absolute Gasteiger partial charge is 0.191 e. The summed E-state index contributed by atoms with van der Waals surface area (Å²) >= 11 is 0. The molecule has 0 radical (unpaired) electrons. The number of nitrogens with zero attached hydrogens (tertiary/aromatic N) is 2. The molecule has 2 aromatic rings. The van der Waals surface area contributed by atoms with Crippen molar-refractivity contribution in [2.75, 3.05) is 20.8 Å². The predicted molar refractivity (Wildman–Crippen MR) is 111 cm³/mol. The van der Waals surface area contributed by atoms with Gasteiger partial charge in [-0.05, 0) is 31.9 Å². The Balaban J connectivity index is 2.03. The van der Waals surface area contributed by atoms with Crippen LogP contribution in [0.4, 0.5) is 0 Å². The number of aromatic nitrogens is 1. The average molecular weight is 389 g/mol. The molecule has 1 aromatic carbocycles. The van der Waals surface area contributed by atoms with E-state index in [-0.39, 0.29) is 0 Å². The number of benzene rings is 1. The number of aliphatic imine (C=N–C) groups is 1. The van der Waals surface area contributed by atoms with Crippen LogP contribution in [0.5, 0.6) is 11.5 Å². The molecule has 2 N–H and O–H groups in total. The number of ether oxygens (including phenoxy) is 2. The second-order valence-corrected chi connectivity index (χ2v) is 6.46. The lowest BCUT2D eigenvalue weighted by molar-refractivity contribution is 0.368. The van der Waals surface area contributed by atoms with Gasteiger partial charge >= 0.3 is 0 Å². The summed E-state index contributed by atoms with van der Waals surface area (Å²) in [6.07, 6.45) is 2.12. The fourth-order valence-electron chi connectivity index (χ4n) is 2.97. The van der Waals surface area contributed by atoms with Gasteiger partial charge in [0, 0.05) is 30.2 Å². The zero-order chi connectivity index (χ0) is 20.4. The van der Waals surface area contributed by atoms with Gasteiger partial charge in [-0.25, -0.2) is 4.99 Å². The molecule has 0 saturated carbocycles. The predicted octanol–water partition coefficient (Wildman–Crippen LogP) is 3.85. The van der Waals surface area contributed by atoms with E-state index in [0.717, 1.165) is 47.9 Å². The Hall–Kier alpha value is -2.70. The number of methoxy groups -OCH3 is 2. The van der Waals surface area contributed by atoms with Gasteiger partial charge in [-0.1, -0.05) is 19.0 Å². The number of hydrogen-bond donors (Lipinski definition) is 2. The maximum atomic E-state index is 5.47. The third-order valence-electron chi connectivity index (χ3n) is 4.66. The summed E-state index contributed by atoms with van der Waals surface area (Å²) in [4.78, 5) is 4.65. The molecule has 0 aliphatic heterocycles. The maximum Gasteiger partial charge on any atom is 0.191 e. The maximum absolute atomic E-state index is 5.47. The average Bonchev–Trinajstić information content (AvgIpc) is 3.19. The Bertz CT molecular complexity index is 754. The van der Waals surface area contributed by atoms with Crippen molar-refractivity contribution in [3.05, 3.63) is 41.3 Å². The van der Waals surface area contributed by atoms with Gasteiger partial charge in [0.1, 0.15) is 11.5 Å².